The maximum Gasteiger partial charge on any atom is 0.345 e. The van der Waals surface area contributed by atoms with Gasteiger partial charge in [0.2, 0.25) is 5.91 Å². The molecule has 9 heteroatoms. The molecule has 0 aliphatic rings. The fourth-order valence-electron chi connectivity index (χ4n) is 2.59. The van der Waals surface area contributed by atoms with E-state index in [-0.39, 0.29) is 11.4 Å². The van der Waals surface area contributed by atoms with Crippen LogP contribution in [0.5, 0.6) is 0 Å². The van der Waals surface area contributed by atoms with Crippen molar-refractivity contribution in [2.45, 2.75) is 4.34 Å². The van der Waals surface area contributed by atoms with E-state index < -0.39 is 23.2 Å². The fraction of sp³-hybridized carbons (Fsp3) is 0.0500. The number of fused-ring (bicyclic) bond motifs is 1. The molecule has 1 N–H and O–H groups in total. The van der Waals surface area contributed by atoms with Crippen molar-refractivity contribution in [1.29, 1.82) is 0 Å². The zero-order valence-electron chi connectivity index (χ0n) is 14.6. The number of nitrogens with one attached hydrogen (secondary N) is 1. The molecule has 4 rings (SSSR count). The number of nitrogens with zero attached hydrogens (tertiary/aromatic N) is 1. The highest BCUT2D eigenvalue weighted by atomic mass is 32.2. The average molecular weight is 430 g/mol. The highest BCUT2D eigenvalue weighted by molar-refractivity contribution is 8.01. The zero-order chi connectivity index (χ0) is 20.4. The number of aromatic nitrogens is 1. The molecule has 0 radical (unpaired) electrons. The minimum absolute atomic E-state index is 0.0178. The summed E-state index contributed by atoms with van der Waals surface area (Å²) in [6.07, 6.45) is 0. The number of thioether (sulfide) groups is 1. The van der Waals surface area contributed by atoms with Crippen molar-refractivity contribution in [3.05, 3.63) is 76.0 Å². The third kappa shape index (κ3) is 4.36. The maximum atomic E-state index is 13.6. The monoisotopic (exact) mass is 430 g/mol. The molecule has 0 atom stereocenters. The second kappa shape index (κ2) is 8.14. The van der Waals surface area contributed by atoms with Gasteiger partial charge in [-0.2, -0.15) is 0 Å². The summed E-state index contributed by atoms with van der Waals surface area (Å²) in [4.78, 5) is 28.6. The summed E-state index contributed by atoms with van der Waals surface area (Å²) in [5, 5.41) is 4.88. The van der Waals surface area contributed by atoms with Gasteiger partial charge in [-0.3, -0.25) is 4.79 Å². The second-order valence-corrected chi connectivity index (χ2v) is 8.03. The maximum absolute atomic E-state index is 13.6. The molecule has 0 fully saturated rings. The summed E-state index contributed by atoms with van der Waals surface area (Å²) >= 11 is 2.43. The van der Waals surface area contributed by atoms with Gasteiger partial charge in [-0.15, -0.1) is 11.3 Å². The van der Waals surface area contributed by atoms with Crippen LogP contribution in [0.3, 0.4) is 0 Å². The van der Waals surface area contributed by atoms with Gasteiger partial charge in [0.25, 0.3) is 0 Å². The number of benzene rings is 2. The largest absolute Gasteiger partial charge is 0.422 e. The van der Waals surface area contributed by atoms with Crippen molar-refractivity contribution < 1.29 is 18.0 Å². The van der Waals surface area contributed by atoms with E-state index in [1.54, 1.807) is 23.6 Å². The molecule has 0 bridgehead atoms. The average Bonchev–Trinajstić information content (AvgIpc) is 3.17. The van der Waals surface area contributed by atoms with Crippen LogP contribution in [-0.4, -0.2) is 16.6 Å². The Balaban J connectivity index is 1.45. The predicted molar refractivity (Wildman–Crippen MR) is 109 cm³/mol. The Labute approximate surface area is 171 Å². The molecule has 2 heterocycles. The topological polar surface area (TPSA) is 72.2 Å². The lowest BCUT2D eigenvalue weighted by Crippen LogP contribution is -2.15. The Hall–Kier alpha value is -3.04. The van der Waals surface area contributed by atoms with E-state index >= 15 is 0 Å². The van der Waals surface area contributed by atoms with Gasteiger partial charge in [-0.25, -0.2) is 18.6 Å². The minimum Gasteiger partial charge on any atom is -0.422 e. The van der Waals surface area contributed by atoms with Crippen LogP contribution in [-0.2, 0) is 4.79 Å². The summed E-state index contributed by atoms with van der Waals surface area (Å²) < 4.78 is 32.4. The Morgan fingerprint density at radius 3 is 2.83 bits per heavy atom. The number of para-hydroxylation sites is 1. The van der Waals surface area contributed by atoms with Crippen LogP contribution >= 0.6 is 23.1 Å². The molecule has 0 saturated carbocycles. The predicted octanol–water partition coefficient (Wildman–Crippen LogP) is 4.93. The van der Waals surface area contributed by atoms with Gasteiger partial charge in [0, 0.05) is 16.8 Å². The first-order chi connectivity index (χ1) is 14.0. The minimum atomic E-state index is -0.845. The summed E-state index contributed by atoms with van der Waals surface area (Å²) in [6, 6.07) is 11.8. The van der Waals surface area contributed by atoms with Gasteiger partial charge in [-0.1, -0.05) is 30.0 Å². The summed E-state index contributed by atoms with van der Waals surface area (Å²) in [6.45, 7) is 0. The lowest BCUT2D eigenvalue weighted by atomic mass is 10.1. The van der Waals surface area contributed by atoms with Crippen molar-refractivity contribution in [3.63, 3.8) is 0 Å². The summed E-state index contributed by atoms with van der Waals surface area (Å²) in [5.41, 5.74) is 0.711. The van der Waals surface area contributed by atoms with Crippen LogP contribution in [0.4, 0.5) is 14.5 Å². The van der Waals surface area contributed by atoms with E-state index in [2.05, 4.69) is 10.3 Å². The molecule has 4 aromatic rings. The molecule has 2 aromatic carbocycles. The SMILES string of the molecule is O=C(CSc1nc(-c2cc3ccccc3oc2=O)cs1)Nc1ccc(F)cc1F. The highest BCUT2D eigenvalue weighted by Gasteiger charge is 2.14. The Morgan fingerprint density at radius 2 is 2.00 bits per heavy atom. The zero-order valence-corrected chi connectivity index (χ0v) is 16.3. The van der Waals surface area contributed by atoms with Crippen LogP contribution in [0.15, 0.2) is 67.5 Å². The second-order valence-electron chi connectivity index (χ2n) is 5.95. The van der Waals surface area contributed by atoms with Crippen molar-refractivity contribution in [2.75, 3.05) is 11.1 Å². The Kier molecular flexibility index (Phi) is 5.41. The van der Waals surface area contributed by atoms with Crippen molar-refractivity contribution in [3.8, 4) is 11.3 Å². The highest BCUT2D eigenvalue weighted by Crippen LogP contribution is 2.28. The number of carbonyl (C=O) groups excluding carboxylic acids is 1. The van der Waals surface area contributed by atoms with Gasteiger partial charge in [0.1, 0.15) is 17.2 Å². The standard InChI is InChI=1S/C20H12F2N2O3S2/c21-12-5-6-15(14(22)8-12)23-18(25)10-29-20-24-16(9-28-20)13-7-11-3-1-2-4-17(11)27-19(13)26/h1-9H,10H2,(H,23,25). The number of hydrogen-bond donors (Lipinski definition) is 1. The number of thiazole rings is 1. The third-order valence-electron chi connectivity index (χ3n) is 3.93. The van der Waals surface area contributed by atoms with Gasteiger partial charge >= 0.3 is 5.63 Å². The van der Waals surface area contributed by atoms with Gasteiger partial charge in [-0.05, 0) is 24.3 Å². The molecular weight excluding hydrogens is 418 g/mol. The molecule has 0 aliphatic carbocycles. The molecule has 0 unspecified atom stereocenters. The van der Waals surface area contributed by atoms with Crippen LogP contribution in [0.2, 0.25) is 0 Å². The van der Waals surface area contributed by atoms with Crippen LogP contribution in [0.25, 0.3) is 22.2 Å². The number of halogens is 2. The summed E-state index contributed by atoms with van der Waals surface area (Å²) in [7, 11) is 0. The lowest BCUT2D eigenvalue weighted by Gasteiger charge is -2.05. The Morgan fingerprint density at radius 1 is 1.17 bits per heavy atom. The molecule has 0 aliphatic heterocycles. The molecule has 0 spiro atoms. The molecule has 0 saturated heterocycles. The summed E-state index contributed by atoms with van der Waals surface area (Å²) in [5.74, 6) is -2.04. The Bertz CT molecular complexity index is 1270. The number of anilines is 1. The molecule has 2 aromatic heterocycles. The van der Waals surface area contributed by atoms with E-state index in [1.807, 2.05) is 12.1 Å². The normalized spacial score (nSPS) is 11.0. The number of amides is 1. The van der Waals surface area contributed by atoms with E-state index in [0.29, 0.717) is 27.2 Å². The number of hydrogen-bond acceptors (Lipinski definition) is 6. The van der Waals surface area contributed by atoms with Gasteiger partial charge < -0.3 is 9.73 Å². The fourth-order valence-corrected chi connectivity index (χ4v) is 4.22. The smallest absolute Gasteiger partial charge is 0.345 e. The van der Waals surface area contributed by atoms with Gasteiger partial charge in [0.15, 0.2) is 4.34 Å². The van der Waals surface area contributed by atoms with E-state index in [1.165, 1.54) is 11.3 Å². The van der Waals surface area contributed by atoms with Crippen LogP contribution in [0.1, 0.15) is 0 Å². The first kappa shape index (κ1) is 19.3. The molecule has 5 nitrogen and oxygen atoms in total. The molecular formula is C20H12F2N2O3S2. The molecule has 1 amide bonds. The number of carbonyl (C=O) groups is 1. The van der Waals surface area contributed by atoms with Crippen LogP contribution in [0, 0.1) is 11.6 Å². The van der Waals surface area contributed by atoms with E-state index in [0.717, 1.165) is 29.3 Å². The van der Waals surface area contributed by atoms with Crippen LogP contribution < -0.4 is 10.9 Å². The quantitative estimate of drug-likeness (QED) is 0.359. The lowest BCUT2D eigenvalue weighted by molar-refractivity contribution is -0.113. The van der Waals surface area contributed by atoms with Gasteiger partial charge in [0.05, 0.1) is 22.7 Å². The third-order valence-corrected chi connectivity index (χ3v) is 5.95. The molecule has 146 valence electrons. The molecule has 29 heavy (non-hydrogen) atoms. The first-order valence-corrected chi connectivity index (χ1v) is 10.2. The van der Waals surface area contributed by atoms with Crippen molar-refractivity contribution >= 4 is 45.7 Å². The van der Waals surface area contributed by atoms with E-state index in [4.69, 9.17) is 4.42 Å². The van der Waals surface area contributed by atoms with Crippen molar-refractivity contribution in [1.82, 2.24) is 4.98 Å². The van der Waals surface area contributed by atoms with E-state index in [9.17, 15) is 18.4 Å². The first-order valence-electron chi connectivity index (χ1n) is 8.36. The number of rotatable bonds is 5. The van der Waals surface area contributed by atoms with Crippen molar-refractivity contribution in [2.24, 2.45) is 0 Å².